The molecule has 4 saturated heterocycles. The molecule has 30 heteroatoms. The Bertz CT molecular complexity index is 6080. The minimum absolute atomic E-state index is 0.0208. The molecule has 4 heterocycles. The number of benzene rings is 13. The number of methoxy groups -OCH3 is 3. The molecule has 11 atom stereocenters. The van der Waals surface area contributed by atoms with Gasteiger partial charge in [0.2, 0.25) is 0 Å². The largest absolute Gasteiger partial charge is 0.508 e. The Kier molecular flexibility index (Phi) is 32.9. The Hall–Kier alpha value is -13.0. The number of ether oxygens (including phenoxy) is 3. The molecule has 0 amide bonds. The fourth-order valence-electron chi connectivity index (χ4n) is 17.5. The Morgan fingerprint density at radius 2 is 0.593 bits per heavy atom. The third-order valence-electron chi connectivity index (χ3n) is 24.4. The fraction of sp³-hybridized carbons (Fsp3) is 0.219. The van der Waals surface area contributed by atoms with Crippen molar-refractivity contribution < 1.29 is 81.9 Å². The number of aliphatic hydroxyl groups is 3. The summed E-state index contributed by atoms with van der Waals surface area (Å²) < 4.78 is 80.2. The number of rotatable bonds is 29. The molecule has 13 aromatic carbocycles. The highest BCUT2D eigenvalue weighted by molar-refractivity contribution is 7.81. The van der Waals surface area contributed by atoms with Gasteiger partial charge >= 0.3 is 7.60 Å². The van der Waals surface area contributed by atoms with E-state index in [1.165, 1.54) is 60.7 Å². The van der Waals surface area contributed by atoms with E-state index in [1.807, 2.05) is 197 Å². The van der Waals surface area contributed by atoms with Gasteiger partial charge in [-0.3, -0.25) is 4.57 Å². The number of aromatic hydroxyl groups is 4. The quantitative estimate of drug-likeness (QED) is 0.0118. The molecule has 13 aromatic rings. The van der Waals surface area contributed by atoms with Crippen molar-refractivity contribution in [1.29, 1.82) is 0 Å². The molecule has 0 aromatic heterocycles. The summed E-state index contributed by atoms with van der Waals surface area (Å²) in [5.74, 6) is 0.927. The smallest absolute Gasteiger partial charge is 0.356 e. The normalized spacial score (nSPS) is 18.5. The van der Waals surface area contributed by atoms with Gasteiger partial charge in [0.15, 0.2) is 20.4 Å². The highest BCUT2D eigenvalue weighted by Gasteiger charge is 2.45. The topological polar surface area (TPSA) is 288 Å². The molecule has 135 heavy (non-hydrogen) atoms. The molecule has 0 spiro atoms. The van der Waals surface area contributed by atoms with Crippen LogP contribution in [0.3, 0.4) is 0 Å². The SMILES string of the molecule is COc1ccc([C@@H]2[C@H](CCC(O)c3ccc(F)cc3)NC(=S)N2c2ccccc2)c(O)c1.COc1ccc([C@@H]2[C@H](CCCc3ccc(F)cc3)NC(=S)N2c2ccccc2)c(O)c1.COc1ccc([C@@H]2[C@H](CC[C@H](O)c3ccc(F)cc3)NC(=S)N2c2ccccc2)c(O)c1.O=P(O)(O)c1ccc(-c2ccc([C@@H]3[C@H](CC[C@H](O)c4ccc(F)cc4)NC(=S)N3c3ccccc3)c(O)c2)cc1. The Morgan fingerprint density at radius 3 is 0.859 bits per heavy atom. The first-order chi connectivity index (χ1) is 65.1. The summed E-state index contributed by atoms with van der Waals surface area (Å²) in [7, 11) is 0.328. The second-order valence-corrected chi connectivity index (χ2v) is 36.1. The zero-order valence-corrected chi connectivity index (χ0v) is 77.9. The van der Waals surface area contributed by atoms with Crippen molar-refractivity contribution in [2.45, 2.75) is 124 Å². The Balaban J connectivity index is 0.000000145. The number of nitrogens with zero attached hydrogens (tertiary/aromatic N) is 4. The first kappa shape index (κ1) is 98.0. The van der Waals surface area contributed by atoms with Crippen molar-refractivity contribution in [3.05, 3.63) is 383 Å². The van der Waals surface area contributed by atoms with Gasteiger partial charge in [-0.2, -0.15) is 0 Å². The highest BCUT2D eigenvalue weighted by atomic mass is 32.1. The molecule has 1 unspecified atom stereocenters. The van der Waals surface area contributed by atoms with Gasteiger partial charge in [0.05, 0.1) is 93.3 Å². The maximum Gasteiger partial charge on any atom is 0.356 e. The summed E-state index contributed by atoms with van der Waals surface area (Å²) in [4.78, 5) is 26.8. The number of phenolic OH excluding ortho intramolecular Hbond substituents is 4. The molecule has 0 aliphatic carbocycles. The maximum atomic E-state index is 13.3. The third kappa shape index (κ3) is 24.2. The molecule has 0 radical (unpaired) electrons. The van der Waals surface area contributed by atoms with Gasteiger partial charge in [-0.05, 0) is 292 Å². The predicted octanol–water partition coefficient (Wildman–Crippen LogP) is 20.4. The van der Waals surface area contributed by atoms with Crippen LogP contribution in [0.15, 0.2) is 315 Å². The van der Waals surface area contributed by atoms with E-state index in [0.29, 0.717) is 121 Å². The van der Waals surface area contributed by atoms with E-state index in [2.05, 4.69) is 26.2 Å². The molecule has 4 fully saturated rings. The first-order valence-electron chi connectivity index (χ1n) is 43.9. The molecule has 4 aliphatic rings. The van der Waals surface area contributed by atoms with Crippen molar-refractivity contribution in [1.82, 2.24) is 21.3 Å². The number of hydrogen-bond donors (Lipinski definition) is 13. The lowest BCUT2D eigenvalue weighted by Gasteiger charge is -2.29. The van der Waals surface area contributed by atoms with Crippen LogP contribution in [0.4, 0.5) is 40.3 Å². The molecule has 17 rings (SSSR count). The summed E-state index contributed by atoms with van der Waals surface area (Å²) in [5, 5.41) is 91.3. The van der Waals surface area contributed by atoms with Crippen LogP contribution in [-0.4, -0.2) is 111 Å². The Labute approximate surface area is 802 Å². The number of nitrogens with one attached hydrogen (secondary N) is 4. The Morgan fingerprint density at radius 1 is 0.333 bits per heavy atom. The van der Waals surface area contributed by atoms with E-state index in [-0.39, 0.29) is 99.9 Å². The molecule has 0 saturated carbocycles. The molecular formula is C105H103F4N8O13PS4. The van der Waals surface area contributed by atoms with Gasteiger partial charge < -0.3 is 101 Å². The van der Waals surface area contributed by atoms with Crippen molar-refractivity contribution in [2.24, 2.45) is 0 Å². The summed E-state index contributed by atoms with van der Waals surface area (Å²) in [6.45, 7) is 0. The molecule has 13 N–H and O–H groups in total. The van der Waals surface area contributed by atoms with Crippen LogP contribution in [-0.2, 0) is 11.0 Å². The van der Waals surface area contributed by atoms with E-state index in [1.54, 1.807) is 94.1 Å². The summed E-state index contributed by atoms with van der Waals surface area (Å²) in [6.07, 6.45) is 3.28. The minimum atomic E-state index is -4.35. The number of halogens is 4. The number of aliphatic hydroxyl groups excluding tert-OH is 3. The average molecular weight is 1920 g/mol. The van der Waals surface area contributed by atoms with Gasteiger partial charge in [0, 0.05) is 63.2 Å². The number of hydrogen-bond acceptors (Lipinski definition) is 15. The maximum absolute atomic E-state index is 13.3. The van der Waals surface area contributed by atoms with Crippen LogP contribution in [0.25, 0.3) is 11.1 Å². The van der Waals surface area contributed by atoms with Gasteiger partial charge in [0.1, 0.15) is 63.5 Å². The van der Waals surface area contributed by atoms with Crippen LogP contribution in [0.2, 0.25) is 0 Å². The second kappa shape index (κ2) is 45.3. The standard InChI is InChI=1S/C30H28FN2O5PS.2C25H25FN2O3S.C25H25FN2O2S/c31-22-11-6-20(7-12-22)27(34)17-16-26-29(33(30(40)32-26)23-4-2-1-3-5-23)25-15-10-21(18-28(25)35)19-8-13-24(14-9-19)39(36,37)38;2*1-31-19-11-12-20(23(30)15-19)24-21(13-14-22(29)16-7-9-17(26)10-8-16)27-25(32)28(24)18-5-3-2-4-6-18;1-30-20-14-15-21(23(29)16-20)24-22(9-5-6-17-10-12-18(26)13-11-17)27-25(31)28(24)19-7-3-2-4-8-19/h1-15,18,26-27,29,34-35H,16-17H2,(H,32,40)(H2,36,37,38);2*2-12,15,21-22,24,29-30H,13-14H2,1H3,(H,27,32);2-4,7-8,10-16,22,24,29H,5-6,9H2,1H3,(H,27,31)/t26-,27-,29+;21-,22?,24+;21-,22-,24+;22-,24+/m0000/s1. The minimum Gasteiger partial charge on any atom is -0.508 e. The molecule has 21 nitrogen and oxygen atoms in total. The van der Waals surface area contributed by atoms with Gasteiger partial charge in [-0.1, -0.05) is 146 Å². The number of aryl methyl sites for hydroxylation is 1. The fourth-order valence-corrected chi connectivity index (χ4v) is 19.5. The van der Waals surface area contributed by atoms with Crippen LogP contribution in [0.5, 0.6) is 40.2 Å². The predicted molar refractivity (Wildman–Crippen MR) is 535 cm³/mol. The summed E-state index contributed by atoms with van der Waals surface area (Å²) in [5.41, 5.74) is 10.9. The van der Waals surface area contributed by atoms with Crippen molar-refractivity contribution in [3.63, 3.8) is 0 Å². The zero-order chi connectivity index (χ0) is 95.6. The summed E-state index contributed by atoms with van der Waals surface area (Å²) >= 11 is 22.7. The van der Waals surface area contributed by atoms with Crippen molar-refractivity contribution in [2.75, 3.05) is 40.9 Å². The van der Waals surface area contributed by atoms with Crippen LogP contribution < -0.4 is 60.4 Å². The van der Waals surface area contributed by atoms with Crippen molar-refractivity contribution >= 4 is 105 Å². The first-order valence-corrected chi connectivity index (χ1v) is 47.1. The third-order valence-corrected chi connectivity index (χ3v) is 26.6. The number of phenols is 4. The van der Waals surface area contributed by atoms with Crippen LogP contribution in [0.1, 0.15) is 138 Å². The lowest BCUT2D eigenvalue weighted by Crippen LogP contribution is -2.29. The van der Waals surface area contributed by atoms with E-state index in [4.69, 9.17) is 63.1 Å². The van der Waals surface area contributed by atoms with Gasteiger partial charge in [0.25, 0.3) is 0 Å². The number of para-hydroxylation sites is 4. The molecular weight excluding hydrogens is 1820 g/mol. The molecule has 698 valence electrons. The van der Waals surface area contributed by atoms with E-state index >= 15 is 0 Å². The van der Waals surface area contributed by atoms with E-state index in [9.17, 15) is 67.7 Å². The van der Waals surface area contributed by atoms with Gasteiger partial charge in [-0.15, -0.1) is 0 Å². The highest BCUT2D eigenvalue weighted by Crippen LogP contribution is 2.48. The van der Waals surface area contributed by atoms with Gasteiger partial charge in [-0.25, -0.2) is 17.6 Å². The average Bonchev–Trinajstić information content (AvgIpc) is 1.65. The molecule has 4 aliphatic heterocycles. The zero-order valence-electron chi connectivity index (χ0n) is 73.8. The van der Waals surface area contributed by atoms with Crippen molar-refractivity contribution in [3.8, 4) is 51.4 Å². The van der Waals surface area contributed by atoms with E-state index in [0.717, 1.165) is 53.1 Å². The van der Waals surface area contributed by atoms with Crippen LogP contribution >= 0.6 is 56.5 Å². The number of anilines is 4. The number of thiocarbonyl (C=S) groups is 4. The lowest BCUT2D eigenvalue weighted by molar-refractivity contribution is 0.159. The van der Waals surface area contributed by atoms with E-state index < -0.39 is 25.9 Å². The van der Waals surface area contributed by atoms with Crippen LogP contribution in [0, 0.1) is 23.3 Å². The monoisotopic (exact) mass is 1920 g/mol. The second-order valence-electron chi connectivity index (χ2n) is 32.9. The summed E-state index contributed by atoms with van der Waals surface area (Å²) in [6, 6.07) is 88.7. The molecule has 0 bridgehead atoms. The lowest BCUT2D eigenvalue weighted by atomic mass is 9.91.